The Labute approximate surface area is 107 Å². The molecule has 1 aliphatic rings. The van der Waals surface area contributed by atoms with E-state index in [1.54, 1.807) is 0 Å². The third kappa shape index (κ3) is 2.41. The topological polar surface area (TPSA) is 62.5 Å². The van der Waals surface area contributed by atoms with E-state index in [0.717, 1.165) is 10.2 Å². The average molecular weight is 357 g/mol. The monoisotopic (exact) mass is 355 g/mol. The molecular formula is C8H7Br2NO3S. The fourth-order valence-electron chi connectivity index (χ4n) is 1.27. The van der Waals surface area contributed by atoms with Gasteiger partial charge in [-0.2, -0.15) is 0 Å². The van der Waals surface area contributed by atoms with Crippen LogP contribution >= 0.6 is 43.6 Å². The number of furan rings is 1. The van der Waals surface area contributed by atoms with Gasteiger partial charge < -0.3 is 9.52 Å². The van der Waals surface area contributed by atoms with E-state index < -0.39 is 12.0 Å². The lowest BCUT2D eigenvalue weighted by Gasteiger charge is -2.06. The van der Waals surface area contributed by atoms with Gasteiger partial charge in [-0.25, -0.2) is 0 Å². The van der Waals surface area contributed by atoms with Crippen LogP contribution in [-0.2, 0) is 4.79 Å². The molecule has 2 heterocycles. The van der Waals surface area contributed by atoms with Gasteiger partial charge in [0.15, 0.2) is 4.67 Å². The summed E-state index contributed by atoms with van der Waals surface area (Å²) in [5.41, 5.74) is 0. The highest BCUT2D eigenvalue weighted by Crippen LogP contribution is 2.37. The molecule has 2 atom stereocenters. The van der Waals surface area contributed by atoms with Gasteiger partial charge in [0, 0.05) is 5.75 Å². The molecule has 1 saturated heterocycles. The molecule has 1 aliphatic heterocycles. The van der Waals surface area contributed by atoms with E-state index in [9.17, 15) is 4.79 Å². The molecule has 0 aromatic carbocycles. The summed E-state index contributed by atoms with van der Waals surface area (Å²) < 4.78 is 6.88. The van der Waals surface area contributed by atoms with Gasteiger partial charge in [0.2, 0.25) is 0 Å². The van der Waals surface area contributed by atoms with Gasteiger partial charge in [0.1, 0.15) is 17.2 Å². The Balaban J connectivity index is 2.11. The number of hydrogen-bond donors (Lipinski definition) is 2. The average Bonchev–Trinajstić information content (AvgIpc) is 2.74. The number of carboxylic acid groups (broad SMARTS) is 1. The van der Waals surface area contributed by atoms with Gasteiger partial charge in [-0.05, 0) is 37.9 Å². The predicted molar refractivity (Wildman–Crippen MR) is 63.9 cm³/mol. The molecule has 7 heteroatoms. The molecule has 4 nitrogen and oxygen atoms in total. The molecule has 0 saturated carbocycles. The summed E-state index contributed by atoms with van der Waals surface area (Å²) in [6.45, 7) is 0. The van der Waals surface area contributed by atoms with E-state index in [2.05, 4.69) is 37.2 Å². The zero-order valence-corrected chi connectivity index (χ0v) is 11.4. The Morgan fingerprint density at radius 1 is 1.67 bits per heavy atom. The molecule has 82 valence electrons. The number of nitrogens with one attached hydrogen (secondary N) is 1. The fourth-order valence-corrected chi connectivity index (χ4v) is 3.04. The molecule has 0 amide bonds. The van der Waals surface area contributed by atoms with Crippen molar-refractivity contribution in [1.29, 1.82) is 0 Å². The second-order valence-electron chi connectivity index (χ2n) is 3.04. The quantitative estimate of drug-likeness (QED) is 0.852. The number of rotatable bonds is 2. The third-order valence-corrected chi connectivity index (χ3v) is 4.94. The molecule has 2 rings (SSSR count). The molecule has 2 unspecified atom stereocenters. The first kappa shape index (κ1) is 11.5. The van der Waals surface area contributed by atoms with Crippen molar-refractivity contribution >= 4 is 49.6 Å². The molecule has 2 N–H and O–H groups in total. The zero-order valence-electron chi connectivity index (χ0n) is 7.37. The molecule has 1 aromatic rings. The van der Waals surface area contributed by atoms with Gasteiger partial charge in [0.05, 0.1) is 4.47 Å². The highest BCUT2D eigenvalue weighted by atomic mass is 79.9. The van der Waals surface area contributed by atoms with E-state index in [1.165, 1.54) is 11.8 Å². The van der Waals surface area contributed by atoms with Crippen molar-refractivity contribution in [3.63, 3.8) is 0 Å². The van der Waals surface area contributed by atoms with E-state index in [0.29, 0.717) is 10.4 Å². The van der Waals surface area contributed by atoms with Gasteiger partial charge in [-0.3, -0.25) is 10.1 Å². The number of halogens is 2. The summed E-state index contributed by atoms with van der Waals surface area (Å²) >= 11 is 8.08. The van der Waals surface area contributed by atoms with Crippen molar-refractivity contribution in [3.05, 3.63) is 21.0 Å². The first-order valence-corrected chi connectivity index (χ1v) is 6.76. The number of carboxylic acids is 1. The lowest BCUT2D eigenvalue weighted by molar-refractivity contribution is -0.138. The van der Waals surface area contributed by atoms with Gasteiger partial charge in [-0.15, -0.1) is 11.8 Å². The maximum Gasteiger partial charge on any atom is 0.321 e. The number of carbonyl (C=O) groups is 1. The predicted octanol–water partition coefficient (Wildman–Crippen LogP) is 2.59. The van der Waals surface area contributed by atoms with Crippen molar-refractivity contribution in [2.75, 3.05) is 5.75 Å². The van der Waals surface area contributed by atoms with Gasteiger partial charge in [-0.1, -0.05) is 0 Å². The SMILES string of the molecule is O=C(O)C1CSC(c2cc(Br)c(Br)o2)N1. The minimum absolute atomic E-state index is 0.0892. The normalized spacial score (nSPS) is 25.7. The van der Waals surface area contributed by atoms with Crippen LogP contribution in [-0.4, -0.2) is 22.9 Å². The summed E-state index contributed by atoms with van der Waals surface area (Å²) in [5, 5.41) is 11.7. The lowest BCUT2D eigenvalue weighted by Crippen LogP contribution is -2.33. The van der Waals surface area contributed by atoms with Crippen LogP contribution in [0.3, 0.4) is 0 Å². The van der Waals surface area contributed by atoms with E-state index in [4.69, 9.17) is 9.52 Å². The molecule has 1 fully saturated rings. The molecule has 1 aromatic heterocycles. The Morgan fingerprint density at radius 3 is 2.87 bits per heavy atom. The first-order valence-electron chi connectivity index (χ1n) is 4.13. The van der Waals surface area contributed by atoms with Crippen LogP contribution in [0.15, 0.2) is 19.6 Å². The van der Waals surface area contributed by atoms with Gasteiger partial charge in [0.25, 0.3) is 0 Å². The Hall–Kier alpha value is 0.0200. The minimum atomic E-state index is -0.824. The summed E-state index contributed by atoms with van der Waals surface area (Å²) in [4.78, 5) is 10.7. The van der Waals surface area contributed by atoms with E-state index in [1.807, 2.05) is 6.07 Å². The van der Waals surface area contributed by atoms with Crippen LogP contribution in [0, 0.1) is 0 Å². The summed E-state index contributed by atoms with van der Waals surface area (Å²) in [5.74, 6) is 0.452. The smallest absolute Gasteiger partial charge is 0.321 e. The zero-order chi connectivity index (χ0) is 11.0. The van der Waals surface area contributed by atoms with Crippen molar-refractivity contribution < 1.29 is 14.3 Å². The van der Waals surface area contributed by atoms with Crippen LogP contribution < -0.4 is 5.32 Å². The second-order valence-corrected chi connectivity index (χ2v) is 5.75. The van der Waals surface area contributed by atoms with Gasteiger partial charge >= 0.3 is 5.97 Å². The highest BCUT2D eigenvalue weighted by Gasteiger charge is 2.32. The number of hydrogen-bond acceptors (Lipinski definition) is 4. The standard InChI is InChI=1S/C8H7Br2NO3S/c9-3-1-5(14-6(3)10)7-11-4(2-15-7)8(12)13/h1,4,7,11H,2H2,(H,12,13). The molecule has 0 aliphatic carbocycles. The Morgan fingerprint density at radius 2 is 2.40 bits per heavy atom. The Kier molecular flexibility index (Phi) is 3.44. The maximum absolute atomic E-state index is 10.7. The number of aliphatic carboxylic acids is 1. The lowest BCUT2D eigenvalue weighted by atomic mass is 10.3. The van der Waals surface area contributed by atoms with Crippen molar-refractivity contribution in [2.45, 2.75) is 11.4 Å². The fraction of sp³-hybridized carbons (Fsp3) is 0.375. The van der Waals surface area contributed by atoms with Crippen molar-refractivity contribution in [2.24, 2.45) is 0 Å². The summed E-state index contributed by atoms with van der Waals surface area (Å²) in [6.07, 6.45) is 0. The van der Waals surface area contributed by atoms with Crippen LogP contribution in [0.4, 0.5) is 0 Å². The molecular weight excluding hydrogens is 350 g/mol. The van der Waals surface area contributed by atoms with Crippen molar-refractivity contribution in [1.82, 2.24) is 5.32 Å². The third-order valence-electron chi connectivity index (χ3n) is 2.00. The number of thioether (sulfide) groups is 1. The summed E-state index contributed by atoms with van der Waals surface area (Å²) in [7, 11) is 0. The molecule has 15 heavy (non-hydrogen) atoms. The minimum Gasteiger partial charge on any atom is -0.480 e. The highest BCUT2D eigenvalue weighted by molar-refractivity contribution is 9.13. The second kappa shape index (κ2) is 4.48. The largest absolute Gasteiger partial charge is 0.480 e. The first-order chi connectivity index (χ1) is 7.08. The van der Waals surface area contributed by atoms with Crippen LogP contribution in [0.1, 0.15) is 11.1 Å². The van der Waals surface area contributed by atoms with Crippen LogP contribution in [0.5, 0.6) is 0 Å². The molecule has 0 spiro atoms. The summed E-state index contributed by atoms with van der Waals surface area (Å²) in [6, 6.07) is 1.33. The molecule has 0 bridgehead atoms. The maximum atomic E-state index is 10.7. The van der Waals surface area contributed by atoms with Crippen LogP contribution in [0.25, 0.3) is 0 Å². The van der Waals surface area contributed by atoms with Crippen molar-refractivity contribution in [3.8, 4) is 0 Å². The van der Waals surface area contributed by atoms with E-state index in [-0.39, 0.29) is 5.37 Å². The van der Waals surface area contributed by atoms with Crippen LogP contribution in [0.2, 0.25) is 0 Å². The van der Waals surface area contributed by atoms with E-state index >= 15 is 0 Å². The Bertz CT molecular complexity index is 376. The molecule has 0 radical (unpaired) electrons.